The molecule has 0 spiro atoms. The first kappa shape index (κ1) is 12.0. The van der Waals surface area contributed by atoms with E-state index in [1.54, 1.807) is 6.33 Å². The van der Waals surface area contributed by atoms with Gasteiger partial charge in [0.05, 0.1) is 22.9 Å². The zero-order valence-electron chi connectivity index (χ0n) is 10.6. The SMILES string of the molecule is CC1C(=N)c2c(ncn2Cc2ccccc2)NC1=S. The van der Waals surface area contributed by atoms with Crippen molar-refractivity contribution in [1.82, 2.24) is 9.55 Å². The van der Waals surface area contributed by atoms with Crippen molar-refractivity contribution in [3.8, 4) is 0 Å². The average molecular weight is 270 g/mol. The normalized spacial score (nSPS) is 18.1. The first-order valence-corrected chi connectivity index (χ1v) is 6.56. The summed E-state index contributed by atoms with van der Waals surface area (Å²) in [6.07, 6.45) is 1.76. The summed E-state index contributed by atoms with van der Waals surface area (Å²) in [5, 5.41) is 11.3. The quantitative estimate of drug-likeness (QED) is 0.825. The summed E-state index contributed by atoms with van der Waals surface area (Å²) >= 11 is 5.22. The highest BCUT2D eigenvalue weighted by Gasteiger charge is 2.28. The Hall–Kier alpha value is -2.01. The molecule has 0 amide bonds. The molecule has 1 atom stereocenters. The van der Waals surface area contributed by atoms with E-state index >= 15 is 0 Å². The molecule has 1 unspecified atom stereocenters. The van der Waals surface area contributed by atoms with Crippen LogP contribution in [0.1, 0.15) is 18.2 Å². The highest BCUT2D eigenvalue weighted by molar-refractivity contribution is 7.80. The molecule has 0 bridgehead atoms. The second kappa shape index (κ2) is 4.59. The lowest BCUT2D eigenvalue weighted by Gasteiger charge is -2.23. The van der Waals surface area contributed by atoms with Crippen LogP contribution in [0.25, 0.3) is 0 Å². The van der Waals surface area contributed by atoms with Crippen LogP contribution in [-0.2, 0) is 6.54 Å². The topological polar surface area (TPSA) is 53.7 Å². The Morgan fingerprint density at radius 1 is 1.37 bits per heavy atom. The lowest BCUT2D eigenvalue weighted by Crippen LogP contribution is -2.33. The number of thiocarbonyl (C=S) groups is 1. The van der Waals surface area contributed by atoms with Gasteiger partial charge in [0.25, 0.3) is 0 Å². The van der Waals surface area contributed by atoms with Crippen LogP contribution in [0.5, 0.6) is 0 Å². The van der Waals surface area contributed by atoms with Crippen LogP contribution >= 0.6 is 12.2 Å². The molecule has 1 aromatic carbocycles. The van der Waals surface area contributed by atoms with Gasteiger partial charge in [-0.15, -0.1) is 0 Å². The fourth-order valence-electron chi connectivity index (χ4n) is 2.22. The van der Waals surface area contributed by atoms with Gasteiger partial charge in [-0.05, 0) is 5.56 Å². The van der Waals surface area contributed by atoms with E-state index in [9.17, 15) is 0 Å². The first-order valence-electron chi connectivity index (χ1n) is 6.15. The van der Waals surface area contributed by atoms with Crippen LogP contribution in [0.4, 0.5) is 5.82 Å². The third kappa shape index (κ3) is 2.06. The van der Waals surface area contributed by atoms with Gasteiger partial charge in [0.1, 0.15) is 5.69 Å². The minimum absolute atomic E-state index is 0.0614. The summed E-state index contributed by atoms with van der Waals surface area (Å²) < 4.78 is 2.00. The fourth-order valence-corrected chi connectivity index (χ4v) is 2.43. The van der Waals surface area contributed by atoms with Gasteiger partial charge in [0.2, 0.25) is 0 Å². The largest absolute Gasteiger partial charge is 0.332 e. The monoisotopic (exact) mass is 270 g/mol. The predicted molar refractivity (Wildman–Crippen MR) is 80.0 cm³/mol. The van der Waals surface area contributed by atoms with E-state index in [1.807, 2.05) is 29.7 Å². The van der Waals surface area contributed by atoms with Gasteiger partial charge in [-0.3, -0.25) is 0 Å². The lowest BCUT2D eigenvalue weighted by molar-refractivity contribution is 0.782. The van der Waals surface area contributed by atoms with Gasteiger partial charge in [0, 0.05) is 6.54 Å². The molecule has 0 saturated heterocycles. The summed E-state index contributed by atoms with van der Waals surface area (Å²) in [4.78, 5) is 4.98. The van der Waals surface area contributed by atoms with E-state index in [0.29, 0.717) is 23.1 Å². The van der Waals surface area contributed by atoms with E-state index in [4.69, 9.17) is 17.6 Å². The zero-order chi connectivity index (χ0) is 13.4. The maximum Gasteiger partial charge on any atom is 0.158 e. The van der Waals surface area contributed by atoms with E-state index in [1.165, 1.54) is 5.56 Å². The van der Waals surface area contributed by atoms with Gasteiger partial charge in [-0.1, -0.05) is 49.5 Å². The van der Waals surface area contributed by atoms with Crippen LogP contribution in [0.3, 0.4) is 0 Å². The molecule has 1 aliphatic heterocycles. The Bertz CT molecular complexity index is 645. The van der Waals surface area contributed by atoms with Crippen molar-refractivity contribution in [2.75, 3.05) is 5.32 Å². The molecular weight excluding hydrogens is 256 g/mol. The molecule has 2 aromatic rings. The Balaban J connectivity index is 1.98. The number of hydrogen-bond acceptors (Lipinski definition) is 3. The Labute approximate surface area is 117 Å². The minimum Gasteiger partial charge on any atom is -0.332 e. The minimum atomic E-state index is -0.0614. The summed E-state index contributed by atoms with van der Waals surface area (Å²) in [5.74, 6) is 0.637. The number of hydrogen-bond donors (Lipinski definition) is 2. The number of nitrogens with zero attached hydrogens (tertiary/aromatic N) is 2. The number of nitrogens with one attached hydrogen (secondary N) is 2. The Morgan fingerprint density at radius 2 is 2.11 bits per heavy atom. The molecule has 0 fully saturated rings. The van der Waals surface area contributed by atoms with Crippen LogP contribution in [0, 0.1) is 11.3 Å². The molecule has 4 nitrogen and oxygen atoms in total. The lowest BCUT2D eigenvalue weighted by atomic mass is 9.99. The first-order chi connectivity index (χ1) is 9.16. The van der Waals surface area contributed by atoms with E-state index in [2.05, 4.69) is 22.4 Å². The molecule has 2 heterocycles. The van der Waals surface area contributed by atoms with Crippen molar-refractivity contribution in [2.45, 2.75) is 13.5 Å². The van der Waals surface area contributed by atoms with E-state index < -0.39 is 0 Å². The number of fused-ring (bicyclic) bond motifs is 1. The third-order valence-corrected chi connectivity index (χ3v) is 3.81. The van der Waals surface area contributed by atoms with Crippen LogP contribution in [0.15, 0.2) is 36.7 Å². The summed E-state index contributed by atoms with van der Waals surface area (Å²) in [6, 6.07) is 10.2. The van der Waals surface area contributed by atoms with E-state index in [0.717, 1.165) is 5.69 Å². The number of aromatic nitrogens is 2. The summed E-state index contributed by atoms with van der Waals surface area (Å²) in [5.41, 5.74) is 2.56. The molecule has 96 valence electrons. The number of rotatable bonds is 2. The maximum absolute atomic E-state index is 8.24. The summed E-state index contributed by atoms with van der Waals surface area (Å²) in [7, 11) is 0. The molecule has 3 rings (SSSR count). The van der Waals surface area contributed by atoms with Crippen molar-refractivity contribution in [3.63, 3.8) is 0 Å². The second-order valence-electron chi connectivity index (χ2n) is 4.68. The standard InChI is InChI=1S/C14H14N4S/c1-9-11(15)12-13(17-14(9)19)16-8-18(12)7-10-5-3-2-4-6-10/h2-6,8-9,15H,7H2,1H3,(H,17,19). The number of anilines is 1. The van der Waals surface area contributed by atoms with Crippen molar-refractivity contribution in [3.05, 3.63) is 47.9 Å². The number of benzene rings is 1. The van der Waals surface area contributed by atoms with Gasteiger partial charge < -0.3 is 15.3 Å². The van der Waals surface area contributed by atoms with Crippen molar-refractivity contribution < 1.29 is 0 Å². The van der Waals surface area contributed by atoms with Gasteiger partial charge >= 0.3 is 0 Å². The van der Waals surface area contributed by atoms with Gasteiger partial charge in [-0.2, -0.15) is 0 Å². The molecule has 0 radical (unpaired) electrons. The highest BCUT2D eigenvalue weighted by Crippen LogP contribution is 2.25. The van der Waals surface area contributed by atoms with Gasteiger partial charge in [-0.25, -0.2) is 4.98 Å². The molecular formula is C14H14N4S. The molecule has 2 N–H and O–H groups in total. The van der Waals surface area contributed by atoms with Crippen molar-refractivity contribution >= 4 is 28.7 Å². The number of imidazole rings is 1. The van der Waals surface area contributed by atoms with Crippen molar-refractivity contribution in [2.24, 2.45) is 5.92 Å². The van der Waals surface area contributed by atoms with Crippen LogP contribution in [-0.4, -0.2) is 20.3 Å². The molecule has 0 saturated carbocycles. The Morgan fingerprint density at radius 3 is 2.84 bits per heavy atom. The molecule has 1 aromatic heterocycles. The molecule has 5 heteroatoms. The predicted octanol–water partition coefficient (Wildman–Crippen LogP) is 2.69. The van der Waals surface area contributed by atoms with Crippen molar-refractivity contribution in [1.29, 1.82) is 5.41 Å². The van der Waals surface area contributed by atoms with Crippen LogP contribution in [0.2, 0.25) is 0 Å². The molecule has 0 aliphatic carbocycles. The highest BCUT2D eigenvalue weighted by atomic mass is 32.1. The molecule has 19 heavy (non-hydrogen) atoms. The van der Waals surface area contributed by atoms with E-state index in [-0.39, 0.29) is 5.92 Å². The average Bonchev–Trinajstić information content (AvgIpc) is 2.80. The Kier molecular flexibility index (Phi) is 2.91. The third-order valence-electron chi connectivity index (χ3n) is 3.36. The smallest absolute Gasteiger partial charge is 0.158 e. The zero-order valence-corrected chi connectivity index (χ0v) is 11.4. The van der Waals surface area contributed by atoms with Gasteiger partial charge in [0.15, 0.2) is 5.82 Å². The maximum atomic E-state index is 8.24. The summed E-state index contributed by atoms with van der Waals surface area (Å²) in [6.45, 7) is 2.66. The fraction of sp³-hybridized carbons (Fsp3) is 0.214. The van der Waals surface area contributed by atoms with Crippen LogP contribution < -0.4 is 5.32 Å². The molecule has 1 aliphatic rings. The second-order valence-corrected chi connectivity index (χ2v) is 5.12.